The second-order valence-corrected chi connectivity index (χ2v) is 6.29. The fraction of sp³-hybridized carbons (Fsp3) is 0. The quantitative estimate of drug-likeness (QED) is 0.505. The Balaban J connectivity index is 1.70. The first-order chi connectivity index (χ1) is 10.8. The molecule has 1 heterocycles. The molecule has 0 atom stereocenters. The zero-order valence-electron chi connectivity index (χ0n) is 12.0. The van der Waals surface area contributed by atoms with Crippen molar-refractivity contribution < 1.29 is 0 Å². The molecule has 0 aliphatic carbocycles. The summed E-state index contributed by atoms with van der Waals surface area (Å²) >= 11 is 1.80. The molecule has 1 N–H and O–H groups in total. The van der Waals surface area contributed by atoms with Crippen LogP contribution in [0.3, 0.4) is 0 Å². The average Bonchev–Trinajstić information content (AvgIpc) is 2.59. The molecule has 0 unspecified atom stereocenters. The van der Waals surface area contributed by atoms with E-state index in [9.17, 15) is 0 Å². The molecule has 22 heavy (non-hydrogen) atoms. The topological polar surface area (TPSA) is 12.0 Å². The molecule has 105 valence electrons. The summed E-state index contributed by atoms with van der Waals surface area (Å²) in [6.07, 6.45) is 0. The first-order valence-electron chi connectivity index (χ1n) is 7.15. The Morgan fingerprint density at radius 3 is 2.50 bits per heavy atom. The molecule has 3 aromatic carbocycles. The lowest BCUT2D eigenvalue weighted by Gasteiger charge is -2.21. The van der Waals surface area contributed by atoms with Crippen LogP contribution in [0, 0.1) is 6.07 Å². The highest BCUT2D eigenvalue weighted by Crippen LogP contribution is 2.44. The van der Waals surface area contributed by atoms with Crippen molar-refractivity contribution in [3.8, 4) is 0 Å². The van der Waals surface area contributed by atoms with Gasteiger partial charge in [-0.05, 0) is 47.0 Å². The molecule has 3 aromatic rings. The van der Waals surface area contributed by atoms with E-state index in [1.165, 1.54) is 9.79 Å². The van der Waals surface area contributed by atoms with Gasteiger partial charge in [-0.1, -0.05) is 60.8 Å². The van der Waals surface area contributed by atoms with Crippen molar-refractivity contribution in [2.24, 2.45) is 0 Å². The molecule has 2 heteroatoms. The van der Waals surface area contributed by atoms with Gasteiger partial charge in [0.05, 0.1) is 11.4 Å². The van der Waals surface area contributed by atoms with Gasteiger partial charge in [0.15, 0.2) is 0 Å². The maximum atomic E-state index is 4.24. The molecule has 1 radical (unpaired) electrons. The molecular weight excluding hydrogens is 286 g/mol. The molecule has 0 saturated carbocycles. The summed E-state index contributed by atoms with van der Waals surface area (Å²) in [6, 6.07) is 25.8. The standard InChI is InChI=1S/C20H14NS/c1-14(15-7-3-2-4-8-15)16-11-12-20-18(13-16)21-17-9-5-6-10-19(17)22-20/h3-13,21H,1H2. The van der Waals surface area contributed by atoms with Gasteiger partial charge in [-0.2, -0.15) is 0 Å². The van der Waals surface area contributed by atoms with Crippen molar-refractivity contribution in [1.82, 2.24) is 0 Å². The third-order valence-corrected chi connectivity index (χ3v) is 4.92. The van der Waals surface area contributed by atoms with Crippen LogP contribution in [0.1, 0.15) is 11.1 Å². The van der Waals surface area contributed by atoms with Gasteiger partial charge < -0.3 is 5.32 Å². The second kappa shape index (κ2) is 5.39. The molecule has 0 amide bonds. The fourth-order valence-electron chi connectivity index (χ4n) is 2.58. The van der Waals surface area contributed by atoms with Crippen LogP contribution in [-0.4, -0.2) is 0 Å². The monoisotopic (exact) mass is 300 g/mol. The van der Waals surface area contributed by atoms with E-state index in [0.29, 0.717) is 0 Å². The number of anilines is 2. The fourth-order valence-corrected chi connectivity index (χ4v) is 3.55. The van der Waals surface area contributed by atoms with E-state index in [2.05, 4.69) is 60.4 Å². The largest absolute Gasteiger partial charge is 0.354 e. The molecule has 1 nitrogen and oxygen atoms in total. The van der Waals surface area contributed by atoms with Gasteiger partial charge in [0.25, 0.3) is 0 Å². The number of hydrogen-bond acceptors (Lipinski definition) is 2. The summed E-state index contributed by atoms with van der Waals surface area (Å²) in [5.74, 6) is 0. The highest BCUT2D eigenvalue weighted by Gasteiger charge is 2.16. The predicted octanol–water partition coefficient (Wildman–Crippen LogP) is 5.76. The normalized spacial score (nSPS) is 12.0. The molecule has 4 rings (SSSR count). The van der Waals surface area contributed by atoms with Crippen molar-refractivity contribution in [3.05, 3.63) is 90.5 Å². The Morgan fingerprint density at radius 2 is 1.64 bits per heavy atom. The molecule has 0 spiro atoms. The van der Waals surface area contributed by atoms with E-state index >= 15 is 0 Å². The Labute approximate surface area is 134 Å². The Bertz CT molecular complexity index is 853. The lowest BCUT2D eigenvalue weighted by molar-refractivity contribution is 1.31. The molecule has 0 fully saturated rings. The molecular formula is C20H14NS. The molecule has 0 saturated heterocycles. The third kappa shape index (κ3) is 2.32. The first-order valence-corrected chi connectivity index (χ1v) is 7.97. The number of nitrogens with one attached hydrogen (secondary N) is 1. The number of para-hydroxylation sites is 1. The molecule has 0 bridgehead atoms. The summed E-state index contributed by atoms with van der Waals surface area (Å²) in [6.45, 7) is 4.24. The lowest BCUT2D eigenvalue weighted by atomic mass is 9.99. The third-order valence-electron chi connectivity index (χ3n) is 3.77. The zero-order valence-corrected chi connectivity index (χ0v) is 12.8. The van der Waals surface area contributed by atoms with Crippen molar-refractivity contribution >= 4 is 28.7 Å². The minimum Gasteiger partial charge on any atom is -0.354 e. The maximum Gasteiger partial charge on any atom is 0.0532 e. The van der Waals surface area contributed by atoms with Gasteiger partial charge in [0, 0.05) is 9.79 Å². The van der Waals surface area contributed by atoms with E-state index < -0.39 is 0 Å². The van der Waals surface area contributed by atoms with Crippen molar-refractivity contribution in [2.75, 3.05) is 5.32 Å². The number of fused-ring (bicyclic) bond motifs is 2. The van der Waals surface area contributed by atoms with Crippen LogP contribution in [0.4, 0.5) is 11.4 Å². The van der Waals surface area contributed by atoms with E-state index in [1.807, 2.05) is 24.3 Å². The van der Waals surface area contributed by atoms with E-state index in [1.54, 1.807) is 11.8 Å². The van der Waals surface area contributed by atoms with Crippen LogP contribution in [-0.2, 0) is 0 Å². The average molecular weight is 300 g/mol. The SMILES string of the molecule is C=C(c1cc[c]cc1)c1ccc2c(c1)Nc1ccccc1S2. The van der Waals surface area contributed by atoms with Crippen molar-refractivity contribution in [2.45, 2.75) is 9.79 Å². The van der Waals surface area contributed by atoms with Gasteiger partial charge >= 0.3 is 0 Å². The van der Waals surface area contributed by atoms with E-state index in [-0.39, 0.29) is 0 Å². The lowest BCUT2D eigenvalue weighted by Crippen LogP contribution is -2.00. The van der Waals surface area contributed by atoms with Gasteiger partial charge in [-0.25, -0.2) is 0 Å². The highest BCUT2D eigenvalue weighted by atomic mass is 32.2. The summed E-state index contributed by atoms with van der Waals surface area (Å²) < 4.78 is 0. The number of benzene rings is 3. The summed E-state index contributed by atoms with van der Waals surface area (Å²) in [4.78, 5) is 2.51. The molecule has 1 aliphatic rings. The molecule has 1 aliphatic heterocycles. The minimum absolute atomic E-state index is 1.03. The molecule has 0 aromatic heterocycles. The second-order valence-electron chi connectivity index (χ2n) is 5.20. The Morgan fingerprint density at radius 1 is 0.864 bits per heavy atom. The van der Waals surface area contributed by atoms with Crippen LogP contribution in [0.2, 0.25) is 0 Å². The first kappa shape index (κ1) is 13.2. The van der Waals surface area contributed by atoms with Gasteiger partial charge in [0.2, 0.25) is 0 Å². The summed E-state index contributed by atoms with van der Waals surface area (Å²) in [5.41, 5.74) is 5.60. The zero-order chi connectivity index (χ0) is 14.9. The highest BCUT2D eigenvalue weighted by molar-refractivity contribution is 7.99. The van der Waals surface area contributed by atoms with Crippen LogP contribution in [0.25, 0.3) is 5.57 Å². The maximum absolute atomic E-state index is 4.24. The van der Waals surface area contributed by atoms with Crippen LogP contribution < -0.4 is 5.32 Å². The Hall–Kier alpha value is -2.45. The van der Waals surface area contributed by atoms with Gasteiger partial charge in [0.1, 0.15) is 0 Å². The summed E-state index contributed by atoms with van der Waals surface area (Å²) in [7, 11) is 0. The predicted molar refractivity (Wildman–Crippen MR) is 93.7 cm³/mol. The van der Waals surface area contributed by atoms with Crippen LogP contribution >= 0.6 is 11.8 Å². The van der Waals surface area contributed by atoms with E-state index in [0.717, 1.165) is 28.1 Å². The number of hydrogen-bond donors (Lipinski definition) is 1. The summed E-state index contributed by atoms with van der Waals surface area (Å²) in [5, 5.41) is 3.52. The van der Waals surface area contributed by atoms with Crippen molar-refractivity contribution in [3.63, 3.8) is 0 Å². The number of rotatable bonds is 2. The minimum atomic E-state index is 1.03. The smallest absolute Gasteiger partial charge is 0.0532 e. The van der Waals surface area contributed by atoms with Gasteiger partial charge in [-0.15, -0.1) is 0 Å². The van der Waals surface area contributed by atoms with Gasteiger partial charge in [-0.3, -0.25) is 0 Å². The van der Waals surface area contributed by atoms with E-state index in [4.69, 9.17) is 0 Å². The van der Waals surface area contributed by atoms with Crippen molar-refractivity contribution in [1.29, 1.82) is 0 Å². The van der Waals surface area contributed by atoms with Crippen LogP contribution in [0.15, 0.2) is 83.1 Å². The Kier molecular flexibility index (Phi) is 3.24. The van der Waals surface area contributed by atoms with Crippen LogP contribution in [0.5, 0.6) is 0 Å².